The number of carbonyl (C=O) groups is 1. The number of benzene rings is 2. The van der Waals surface area contributed by atoms with Crippen LogP contribution in [0.4, 0.5) is 10.1 Å². The first kappa shape index (κ1) is 25.9. The van der Waals surface area contributed by atoms with Gasteiger partial charge in [-0.1, -0.05) is 17.7 Å². The molecule has 2 heterocycles. The number of hydrogen-bond acceptors (Lipinski definition) is 5. The number of phenols is 1. The van der Waals surface area contributed by atoms with Gasteiger partial charge in [-0.15, -0.1) is 0 Å². The van der Waals surface area contributed by atoms with Crippen molar-refractivity contribution in [2.24, 2.45) is 0 Å². The molecule has 0 radical (unpaired) electrons. The quantitative estimate of drug-likeness (QED) is 0.444. The average Bonchev–Trinajstić information content (AvgIpc) is 2.87. The molecule has 7 nitrogen and oxygen atoms in total. The molecule has 0 atom stereocenters. The van der Waals surface area contributed by atoms with Crippen molar-refractivity contribution < 1.29 is 14.3 Å². The molecule has 0 spiro atoms. The minimum atomic E-state index is -0.530. The number of nitrogens with zero attached hydrogens (tertiary/aromatic N) is 3. The van der Waals surface area contributed by atoms with E-state index in [2.05, 4.69) is 5.32 Å². The Hall–Kier alpha value is -3.20. The molecular formula is C27H30ClFN4O3. The number of rotatable bonds is 8. The summed E-state index contributed by atoms with van der Waals surface area (Å²) in [6, 6.07) is 10.6. The zero-order chi connectivity index (χ0) is 25.8. The number of aromatic hydroxyl groups is 1. The molecule has 36 heavy (non-hydrogen) atoms. The number of phenolic OH excluding ortho intramolecular Hbond substituents is 1. The van der Waals surface area contributed by atoms with E-state index in [-0.39, 0.29) is 28.5 Å². The number of piperidine rings is 1. The maximum absolute atomic E-state index is 14.8. The van der Waals surface area contributed by atoms with Gasteiger partial charge >= 0.3 is 0 Å². The summed E-state index contributed by atoms with van der Waals surface area (Å²) < 4.78 is 16.4. The molecule has 2 aromatic carbocycles. The predicted molar refractivity (Wildman–Crippen MR) is 141 cm³/mol. The van der Waals surface area contributed by atoms with Crippen molar-refractivity contribution in [3.63, 3.8) is 0 Å². The lowest BCUT2D eigenvalue weighted by Gasteiger charge is -2.25. The van der Waals surface area contributed by atoms with Gasteiger partial charge in [0.1, 0.15) is 11.6 Å². The molecule has 1 saturated heterocycles. The fourth-order valence-electron chi connectivity index (χ4n) is 4.52. The van der Waals surface area contributed by atoms with Gasteiger partial charge in [-0.05, 0) is 75.9 Å². The van der Waals surface area contributed by atoms with Crippen LogP contribution in [0.25, 0.3) is 22.3 Å². The van der Waals surface area contributed by atoms with Gasteiger partial charge in [0.15, 0.2) is 0 Å². The van der Waals surface area contributed by atoms with Gasteiger partial charge in [0, 0.05) is 48.1 Å². The zero-order valence-corrected chi connectivity index (χ0v) is 21.1. The number of likely N-dealkylation sites (N-methyl/N-ethyl adjacent to an activating group) is 1. The largest absolute Gasteiger partial charge is 0.507 e. The normalized spacial score (nSPS) is 14.2. The molecule has 1 aliphatic heterocycles. The number of pyridine rings is 1. The average molecular weight is 513 g/mol. The Morgan fingerprint density at radius 3 is 2.39 bits per heavy atom. The monoisotopic (exact) mass is 512 g/mol. The second-order valence-electron chi connectivity index (χ2n) is 9.26. The Morgan fingerprint density at radius 2 is 1.75 bits per heavy atom. The van der Waals surface area contributed by atoms with Crippen molar-refractivity contribution in [1.29, 1.82) is 0 Å². The van der Waals surface area contributed by atoms with Crippen LogP contribution in [-0.4, -0.2) is 61.3 Å². The van der Waals surface area contributed by atoms with Gasteiger partial charge in [0.2, 0.25) is 6.41 Å². The Kier molecular flexibility index (Phi) is 8.08. The molecule has 0 aliphatic carbocycles. The van der Waals surface area contributed by atoms with E-state index in [4.69, 9.17) is 11.6 Å². The van der Waals surface area contributed by atoms with Gasteiger partial charge in [0.25, 0.3) is 5.56 Å². The highest BCUT2D eigenvalue weighted by Crippen LogP contribution is 2.41. The van der Waals surface area contributed by atoms with Crippen molar-refractivity contribution in [1.82, 2.24) is 14.8 Å². The van der Waals surface area contributed by atoms with E-state index >= 15 is 0 Å². The standard InChI is InChI=1S/C27H30ClFN4O3/c1-31(2)11-12-32(17-34)25-5-3-18(13-24(25)28)22-14-20(29)15-23(27(22)36)19-4-6-26(35)33(16-19)21-7-9-30-10-8-21/h3-6,13-17,21,30,36H,7-12H2,1-2H3. The smallest absolute Gasteiger partial charge is 0.250 e. The molecule has 0 unspecified atom stereocenters. The number of anilines is 1. The first-order chi connectivity index (χ1) is 17.3. The first-order valence-electron chi connectivity index (χ1n) is 11.9. The van der Waals surface area contributed by atoms with E-state index in [0.29, 0.717) is 34.9 Å². The van der Waals surface area contributed by atoms with Gasteiger partial charge in [0.05, 0.1) is 10.7 Å². The lowest BCUT2D eigenvalue weighted by Crippen LogP contribution is -2.33. The Bertz CT molecular complexity index is 1300. The highest BCUT2D eigenvalue weighted by molar-refractivity contribution is 6.34. The van der Waals surface area contributed by atoms with Crippen molar-refractivity contribution in [2.45, 2.75) is 18.9 Å². The van der Waals surface area contributed by atoms with Gasteiger partial charge in [-0.2, -0.15) is 0 Å². The van der Waals surface area contributed by atoms with E-state index in [1.165, 1.54) is 23.1 Å². The van der Waals surface area contributed by atoms with Crippen LogP contribution in [0.3, 0.4) is 0 Å². The van der Waals surface area contributed by atoms with Crippen LogP contribution in [-0.2, 0) is 4.79 Å². The summed E-state index contributed by atoms with van der Waals surface area (Å²) in [4.78, 5) is 27.6. The number of hydrogen-bond donors (Lipinski definition) is 2. The minimum Gasteiger partial charge on any atom is -0.507 e. The molecule has 190 valence electrons. The van der Waals surface area contributed by atoms with Crippen LogP contribution >= 0.6 is 11.6 Å². The van der Waals surface area contributed by atoms with E-state index in [1.807, 2.05) is 19.0 Å². The summed E-state index contributed by atoms with van der Waals surface area (Å²) in [5.41, 5.74) is 2.01. The molecule has 9 heteroatoms. The van der Waals surface area contributed by atoms with Gasteiger partial charge < -0.3 is 24.8 Å². The van der Waals surface area contributed by atoms with Crippen molar-refractivity contribution in [3.8, 4) is 28.0 Å². The van der Waals surface area contributed by atoms with Gasteiger partial charge in [-0.3, -0.25) is 9.59 Å². The Labute approximate surface area is 214 Å². The van der Waals surface area contributed by atoms with Crippen molar-refractivity contribution in [3.05, 3.63) is 69.9 Å². The first-order valence-corrected chi connectivity index (χ1v) is 12.3. The van der Waals surface area contributed by atoms with Crippen LogP contribution in [0.5, 0.6) is 5.75 Å². The third-order valence-electron chi connectivity index (χ3n) is 6.51. The van der Waals surface area contributed by atoms with E-state index < -0.39 is 5.82 Å². The zero-order valence-electron chi connectivity index (χ0n) is 20.4. The molecule has 4 rings (SSSR count). The molecule has 1 aromatic heterocycles. The number of nitrogens with one attached hydrogen (secondary N) is 1. The van der Waals surface area contributed by atoms with E-state index in [1.54, 1.807) is 35.0 Å². The van der Waals surface area contributed by atoms with Crippen LogP contribution in [0.1, 0.15) is 18.9 Å². The van der Waals surface area contributed by atoms with E-state index in [0.717, 1.165) is 32.3 Å². The number of amides is 1. The summed E-state index contributed by atoms with van der Waals surface area (Å²) in [6.07, 6.45) is 4.06. The highest BCUT2D eigenvalue weighted by atomic mass is 35.5. The topological polar surface area (TPSA) is 77.8 Å². The molecule has 1 amide bonds. The summed E-state index contributed by atoms with van der Waals surface area (Å²) >= 11 is 6.51. The number of aromatic nitrogens is 1. The third kappa shape index (κ3) is 5.61. The molecular weight excluding hydrogens is 483 g/mol. The van der Waals surface area contributed by atoms with Crippen LogP contribution < -0.4 is 15.8 Å². The van der Waals surface area contributed by atoms with Crippen molar-refractivity contribution >= 4 is 23.7 Å². The van der Waals surface area contributed by atoms with Crippen LogP contribution in [0.15, 0.2) is 53.5 Å². The molecule has 3 aromatic rings. The second kappa shape index (κ2) is 11.2. The van der Waals surface area contributed by atoms with Crippen molar-refractivity contribution in [2.75, 3.05) is 45.2 Å². The predicted octanol–water partition coefficient (Wildman–Crippen LogP) is 4.13. The maximum atomic E-state index is 14.8. The van der Waals surface area contributed by atoms with E-state index in [9.17, 15) is 19.1 Å². The lowest BCUT2D eigenvalue weighted by molar-refractivity contribution is -0.107. The number of carbonyl (C=O) groups excluding carboxylic acids is 1. The maximum Gasteiger partial charge on any atom is 0.250 e. The van der Waals surface area contributed by atoms with Gasteiger partial charge in [-0.25, -0.2) is 4.39 Å². The Balaban J connectivity index is 1.71. The molecule has 0 saturated carbocycles. The molecule has 1 fully saturated rings. The molecule has 2 N–H and O–H groups in total. The summed E-state index contributed by atoms with van der Waals surface area (Å²) in [5.74, 6) is -0.645. The lowest BCUT2D eigenvalue weighted by atomic mass is 9.97. The SMILES string of the molecule is CN(C)CCN(C=O)c1ccc(-c2cc(F)cc(-c3ccc(=O)n(C4CCNCC4)c3)c2O)cc1Cl. The molecule has 0 bridgehead atoms. The Morgan fingerprint density at radius 1 is 1.08 bits per heavy atom. The third-order valence-corrected chi connectivity index (χ3v) is 6.81. The summed E-state index contributed by atoms with van der Waals surface area (Å²) in [7, 11) is 3.83. The number of halogens is 2. The molecule has 1 aliphatic rings. The minimum absolute atomic E-state index is 0.0495. The fraction of sp³-hybridized carbons (Fsp3) is 0.333. The highest BCUT2D eigenvalue weighted by Gasteiger charge is 2.20. The summed E-state index contributed by atoms with van der Waals surface area (Å²) in [5, 5.41) is 14.8. The second-order valence-corrected chi connectivity index (χ2v) is 9.67. The summed E-state index contributed by atoms with van der Waals surface area (Å²) in [6.45, 7) is 2.76. The van der Waals surface area contributed by atoms with Crippen LogP contribution in [0, 0.1) is 5.82 Å². The fourth-order valence-corrected chi connectivity index (χ4v) is 4.81. The van der Waals surface area contributed by atoms with Crippen LogP contribution in [0.2, 0.25) is 5.02 Å².